The molecule has 4 aliphatic carbocycles. The summed E-state index contributed by atoms with van der Waals surface area (Å²) in [7, 11) is 0. The smallest absolute Gasteiger partial charge is 0.357 e. The molecule has 0 spiro atoms. The van der Waals surface area contributed by atoms with Gasteiger partial charge in [0.05, 0.1) is 17.9 Å². The van der Waals surface area contributed by atoms with Gasteiger partial charge in [0.25, 0.3) is 5.09 Å². The fourth-order valence-corrected chi connectivity index (χ4v) is 9.11. The minimum atomic E-state index is -1.42. The second kappa shape index (κ2) is 11.1. The third-order valence-corrected chi connectivity index (χ3v) is 10.9. The maximum atomic E-state index is 14.3. The molecule has 12 nitrogen and oxygen atoms in total. The van der Waals surface area contributed by atoms with E-state index in [0.29, 0.717) is 19.3 Å². The number of nitrogens with zero attached hydrogens (tertiary/aromatic N) is 2. The van der Waals surface area contributed by atoms with Crippen molar-refractivity contribution in [2.75, 3.05) is 6.61 Å². The normalized spacial score (nSPS) is 38.5. The molecule has 1 N–H and O–H groups in total. The van der Waals surface area contributed by atoms with E-state index in [1.807, 2.05) is 19.9 Å². The number of fused-ring (bicyclic) bond motifs is 7. The minimum absolute atomic E-state index is 0.00697. The van der Waals surface area contributed by atoms with Crippen LogP contribution in [0.4, 0.5) is 0 Å². The third-order valence-electron chi connectivity index (χ3n) is 10.9. The highest BCUT2D eigenvalue weighted by atomic mass is 16.9. The molecular formula is C32H38N2O10. The summed E-state index contributed by atoms with van der Waals surface area (Å²) < 4.78 is 18.5. The van der Waals surface area contributed by atoms with Crippen molar-refractivity contribution in [2.24, 2.45) is 28.6 Å². The zero-order valence-corrected chi connectivity index (χ0v) is 25.1. The Morgan fingerprint density at radius 3 is 2.82 bits per heavy atom. The lowest BCUT2D eigenvalue weighted by Gasteiger charge is -2.59. The predicted octanol–water partition coefficient (Wildman–Crippen LogP) is 3.68. The largest absolute Gasteiger partial charge is 0.453 e. The SMILES string of the molecule is CCCC1O[C@@H]2CC3C4CCC5=CC(=O)C=C[C@]5(C)C4[C@@H](O)C[C@]3(C)[C@]2(C(=O)COC(=O)c2cccc(CO[N+](=O)[O-])n2)O1. The highest BCUT2D eigenvalue weighted by Gasteiger charge is 2.75. The van der Waals surface area contributed by atoms with Gasteiger partial charge in [-0.2, -0.15) is 0 Å². The predicted molar refractivity (Wildman–Crippen MR) is 152 cm³/mol. The van der Waals surface area contributed by atoms with Gasteiger partial charge in [0.1, 0.15) is 12.3 Å². The number of esters is 1. The first-order valence-electron chi connectivity index (χ1n) is 15.3. The monoisotopic (exact) mass is 610 g/mol. The number of ketones is 2. The highest BCUT2D eigenvalue weighted by Crippen LogP contribution is 2.69. The van der Waals surface area contributed by atoms with E-state index in [0.717, 1.165) is 24.8 Å². The number of hydrogen-bond donors (Lipinski definition) is 1. The van der Waals surface area contributed by atoms with E-state index in [1.165, 1.54) is 18.2 Å². The van der Waals surface area contributed by atoms with Crippen LogP contribution in [0.5, 0.6) is 0 Å². The molecule has 12 heteroatoms. The molecule has 2 heterocycles. The third kappa shape index (κ3) is 4.69. The maximum absolute atomic E-state index is 14.3. The highest BCUT2D eigenvalue weighted by molar-refractivity contribution is 6.01. The Bertz CT molecular complexity index is 1440. The fraction of sp³-hybridized carbons (Fsp3) is 0.625. The second-order valence-electron chi connectivity index (χ2n) is 13.2. The molecule has 44 heavy (non-hydrogen) atoms. The summed E-state index contributed by atoms with van der Waals surface area (Å²) in [6.45, 7) is 5.08. The Morgan fingerprint density at radius 1 is 1.27 bits per heavy atom. The van der Waals surface area contributed by atoms with Crippen molar-refractivity contribution in [1.29, 1.82) is 0 Å². The van der Waals surface area contributed by atoms with Crippen molar-refractivity contribution in [1.82, 2.24) is 4.98 Å². The lowest BCUT2D eigenvalue weighted by Crippen LogP contribution is -2.63. The molecule has 4 unspecified atom stereocenters. The van der Waals surface area contributed by atoms with E-state index >= 15 is 0 Å². The summed E-state index contributed by atoms with van der Waals surface area (Å²) in [5, 5.41) is 21.4. The molecule has 6 rings (SSSR count). The van der Waals surface area contributed by atoms with Gasteiger partial charge in [-0.05, 0) is 68.2 Å². The van der Waals surface area contributed by atoms with Crippen molar-refractivity contribution < 1.29 is 43.6 Å². The second-order valence-corrected chi connectivity index (χ2v) is 13.2. The van der Waals surface area contributed by atoms with E-state index in [9.17, 15) is 29.6 Å². The van der Waals surface area contributed by atoms with Crippen LogP contribution < -0.4 is 0 Å². The number of aliphatic hydroxyl groups is 1. The Morgan fingerprint density at radius 2 is 2.07 bits per heavy atom. The number of pyridine rings is 1. The number of aromatic nitrogens is 1. The van der Waals surface area contributed by atoms with E-state index in [1.54, 1.807) is 12.2 Å². The maximum Gasteiger partial charge on any atom is 0.357 e. The number of carbonyl (C=O) groups excluding carboxylic acids is 3. The van der Waals surface area contributed by atoms with Crippen LogP contribution in [-0.4, -0.2) is 63.4 Å². The number of aliphatic hydroxyl groups excluding tert-OH is 1. The fourth-order valence-electron chi connectivity index (χ4n) is 9.11. The van der Waals surface area contributed by atoms with Crippen LogP contribution in [0.3, 0.4) is 0 Å². The van der Waals surface area contributed by atoms with Crippen LogP contribution in [-0.2, 0) is 35.2 Å². The molecule has 4 fully saturated rings. The van der Waals surface area contributed by atoms with Crippen LogP contribution in [0, 0.1) is 38.7 Å². The van der Waals surface area contributed by atoms with Crippen LogP contribution in [0.1, 0.15) is 75.5 Å². The van der Waals surface area contributed by atoms with Gasteiger partial charge < -0.3 is 24.2 Å². The average molecular weight is 611 g/mol. The number of rotatable bonds is 9. The minimum Gasteiger partial charge on any atom is -0.453 e. The van der Waals surface area contributed by atoms with Gasteiger partial charge in [-0.3, -0.25) is 9.59 Å². The Hall–Kier alpha value is -3.48. The molecule has 1 aliphatic heterocycles. The molecule has 9 atom stereocenters. The average Bonchev–Trinajstić information content (AvgIpc) is 3.47. The zero-order chi connectivity index (χ0) is 31.4. The first-order chi connectivity index (χ1) is 20.9. The van der Waals surface area contributed by atoms with Gasteiger partial charge in [0.15, 0.2) is 24.3 Å². The van der Waals surface area contributed by atoms with Crippen molar-refractivity contribution in [3.63, 3.8) is 0 Å². The number of Topliss-reactive ketones (excluding diaryl/α,β-unsaturated/α-hetero) is 1. The van der Waals surface area contributed by atoms with Gasteiger partial charge in [-0.25, -0.2) is 9.78 Å². The molecule has 0 aromatic carbocycles. The molecule has 5 aliphatic rings. The van der Waals surface area contributed by atoms with Crippen molar-refractivity contribution >= 4 is 17.5 Å². The van der Waals surface area contributed by atoms with E-state index in [4.69, 9.17) is 14.2 Å². The first-order valence-corrected chi connectivity index (χ1v) is 15.3. The number of allylic oxidation sites excluding steroid dienone is 4. The molecule has 0 bridgehead atoms. The topological polar surface area (TPSA) is 164 Å². The molecule has 0 amide bonds. The molecule has 1 aromatic rings. The number of ether oxygens (including phenoxy) is 3. The van der Waals surface area contributed by atoms with Gasteiger partial charge in [0.2, 0.25) is 5.78 Å². The summed E-state index contributed by atoms with van der Waals surface area (Å²) in [5.74, 6) is -1.39. The molecule has 1 aromatic heterocycles. The summed E-state index contributed by atoms with van der Waals surface area (Å²) >= 11 is 0. The summed E-state index contributed by atoms with van der Waals surface area (Å²) in [6.07, 6.45) is 7.07. The van der Waals surface area contributed by atoms with E-state index in [2.05, 4.69) is 16.7 Å². The lowest BCUT2D eigenvalue weighted by molar-refractivity contribution is -0.763. The van der Waals surface area contributed by atoms with Gasteiger partial charge in [-0.15, -0.1) is 10.1 Å². The quantitative estimate of drug-likeness (QED) is 0.246. The molecule has 0 radical (unpaired) electrons. The van der Waals surface area contributed by atoms with Crippen LogP contribution in [0.15, 0.2) is 42.0 Å². The molecule has 1 saturated heterocycles. The molecule has 236 valence electrons. The summed E-state index contributed by atoms with van der Waals surface area (Å²) in [6, 6.07) is 4.35. The standard InChI is InChI=1S/C32H38N2O10/c1-4-6-27-43-26-14-22-21-10-9-18-13-20(35)11-12-30(18,2)28(21)24(36)15-31(22,3)32(26,44-27)25(37)17-41-29(38)23-8-5-7-19(33-23)16-42-34(39)40/h5,7-8,11-13,21-22,24,26-28,36H,4,6,9-10,14-17H2,1-3H3/t21?,22?,24-,26+,27?,28?,30-,31-,32+/m0/s1. The first kappa shape index (κ1) is 30.5. The van der Waals surface area contributed by atoms with Crippen molar-refractivity contribution in [3.8, 4) is 0 Å². The zero-order valence-electron chi connectivity index (χ0n) is 25.1. The van der Waals surface area contributed by atoms with Crippen LogP contribution in [0.2, 0.25) is 0 Å². The lowest BCUT2D eigenvalue weighted by atomic mass is 9.46. The Balaban J connectivity index is 1.26. The molecule has 3 saturated carbocycles. The summed E-state index contributed by atoms with van der Waals surface area (Å²) in [4.78, 5) is 58.3. The van der Waals surface area contributed by atoms with Crippen LogP contribution >= 0.6 is 0 Å². The Labute approximate surface area is 254 Å². The Kier molecular flexibility index (Phi) is 7.74. The molecular weight excluding hydrogens is 572 g/mol. The number of hydrogen-bond acceptors (Lipinski definition) is 11. The van der Waals surface area contributed by atoms with Gasteiger partial charge in [0, 0.05) is 16.7 Å². The van der Waals surface area contributed by atoms with Gasteiger partial charge in [-0.1, -0.05) is 44.9 Å². The van der Waals surface area contributed by atoms with Crippen molar-refractivity contribution in [3.05, 3.63) is 63.5 Å². The summed E-state index contributed by atoms with van der Waals surface area (Å²) in [5.41, 5.74) is -1.59. The van der Waals surface area contributed by atoms with Crippen LogP contribution in [0.25, 0.3) is 0 Å². The van der Waals surface area contributed by atoms with E-state index < -0.39 is 65.0 Å². The van der Waals surface area contributed by atoms with Gasteiger partial charge >= 0.3 is 5.97 Å². The van der Waals surface area contributed by atoms with E-state index in [-0.39, 0.29) is 34.9 Å². The number of carbonyl (C=O) groups is 3. The van der Waals surface area contributed by atoms with Crippen molar-refractivity contribution in [2.45, 2.75) is 90.0 Å².